The van der Waals surface area contributed by atoms with E-state index in [9.17, 15) is 4.79 Å². The molecule has 3 aromatic rings. The summed E-state index contributed by atoms with van der Waals surface area (Å²) in [4.78, 5) is 27.6. The molecule has 0 saturated carbocycles. The number of hydrogen-bond acceptors (Lipinski definition) is 6. The van der Waals surface area contributed by atoms with Crippen molar-refractivity contribution in [2.24, 2.45) is 5.92 Å². The zero-order valence-corrected chi connectivity index (χ0v) is 19.9. The highest BCUT2D eigenvalue weighted by atomic mass is 32.1. The number of carbonyl (C=O) groups is 1. The summed E-state index contributed by atoms with van der Waals surface area (Å²) in [6, 6.07) is 10.4. The Morgan fingerprint density at radius 3 is 2.62 bits per heavy atom. The average Bonchev–Trinajstić information content (AvgIpc) is 3.29. The molecule has 4 rings (SSSR count). The molecule has 0 unspecified atom stereocenters. The minimum atomic E-state index is 0.0908. The molecule has 1 fully saturated rings. The van der Waals surface area contributed by atoms with E-state index in [4.69, 9.17) is 0 Å². The smallest absolute Gasteiger partial charge is 0.223 e. The maximum atomic E-state index is 12.7. The van der Waals surface area contributed by atoms with Crippen LogP contribution in [-0.4, -0.2) is 60.0 Å². The van der Waals surface area contributed by atoms with Crippen molar-refractivity contribution < 1.29 is 4.79 Å². The van der Waals surface area contributed by atoms with Gasteiger partial charge in [0.1, 0.15) is 17.0 Å². The molecule has 170 valence electrons. The van der Waals surface area contributed by atoms with Crippen LogP contribution in [0.5, 0.6) is 0 Å². The molecule has 0 atom stereocenters. The second-order valence-corrected chi connectivity index (χ2v) is 9.18. The van der Waals surface area contributed by atoms with Gasteiger partial charge in [-0.2, -0.15) is 0 Å². The van der Waals surface area contributed by atoms with Crippen molar-refractivity contribution in [3.63, 3.8) is 0 Å². The molecule has 7 heteroatoms. The number of aromatic nitrogens is 2. The predicted octanol–water partition coefficient (Wildman–Crippen LogP) is 4.42. The Morgan fingerprint density at radius 2 is 1.91 bits per heavy atom. The molecule has 1 amide bonds. The topological polar surface area (TPSA) is 61.4 Å². The second-order valence-electron chi connectivity index (χ2n) is 8.33. The number of rotatable bonds is 9. The normalized spacial score (nSPS) is 14.9. The van der Waals surface area contributed by atoms with Crippen molar-refractivity contribution in [1.82, 2.24) is 20.2 Å². The Kier molecular flexibility index (Phi) is 7.71. The Balaban J connectivity index is 1.37. The number of nitrogens with one attached hydrogen (secondary N) is 1. The van der Waals surface area contributed by atoms with Crippen LogP contribution in [0, 0.1) is 5.92 Å². The van der Waals surface area contributed by atoms with E-state index in [1.165, 1.54) is 11.1 Å². The lowest BCUT2D eigenvalue weighted by molar-refractivity contribution is -0.125. The molecule has 1 N–H and O–H groups in total. The van der Waals surface area contributed by atoms with Crippen LogP contribution in [0.3, 0.4) is 0 Å². The highest BCUT2D eigenvalue weighted by Gasteiger charge is 2.27. The summed E-state index contributed by atoms with van der Waals surface area (Å²) in [7, 11) is 0. The van der Waals surface area contributed by atoms with Gasteiger partial charge in [-0.05, 0) is 44.5 Å². The van der Waals surface area contributed by atoms with Gasteiger partial charge in [0, 0.05) is 36.5 Å². The summed E-state index contributed by atoms with van der Waals surface area (Å²) in [6.07, 6.45) is 4.39. The van der Waals surface area contributed by atoms with Gasteiger partial charge in [-0.15, -0.1) is 11.3 Å². The zero-order valence-electron chi connectivity index (χ0n) is 19.1. The Labute approximate surface area is 194 Å². The number of amides is 1. The first-order valence-electron chi connectivity index (χ1n) is 11.7. The summed E-state index contributed by atoms with van der Waals surface area (Å²) in [6.45, 7) is 9.98. The first kappa shape index (κ1) is 22.7. The third-order valence-electron chi connectivity index (χ3n) is 6.45. The van der Waals surface area contributed by atoms with Crippen LogP contribution in [0.2, 0.25) is 0 Å². The summed E-state index contributed by atoms with van der Waals surface area (Å²) in [5.74, 6) is 1.29. The van der Waals surface area contributed by atoms with E-state index in [1.54, 1.807) is 17.7 Å². The molecule has 3 heterocycles. The van der Waals surface area contributed by atoms with Crippen LogP contribution >= 0.6 is 11.3 Å². The number of nitrogens with zero attached hydrogens (tertiary/aromatic N) is 4. The maximum Gasteiger partial charge on any atom is 0.223 e. The van der Waals surface area contributed by atoms with E-state index in [0.29, 0.717) is 0 Å². The van der Waals surface area contributed by atoms with E-state index in [1.807, 2.05) is 6.07 Å². The molecular weight excluding hydrogens is 418 g/mol. The van der Waals surface area contributed by atoms with E-state index in [0.717, 1.165) is 74.6 Å². The minimum absolute atomic E-state index is 0.0908. The van der Waals surface area contributed by atoms with Gasteiger partial charge in [0.2, 0.25) is 5.91 Å². The fourth-order valence-corrected chi connectivity index (χ4v) is 5.39. The van der Waals surface area contributed by atoms with Gasteiger partial charge in [0.15, 0.2) is 0 Å². The molecule has 1 aromatic carbocycles. The monoisotopic (exact) mass is 451 g/mol. The van der Waals surface area contributed by atoms with Crippen molar-refractivity contribution >= 4 is 33.3 Å². The van der Waals surface area contributed by atoms with Gasteiger partial charge in [-0.25, -0.2) is 9.97 Å². The van der Waals surface area contributed by atoms with E-state index < -0.39 is 0 Å². The van der Waals surface area contributed by atoms with Gasteiger partial charge in [0.25, 0.3) is 0 Å². The Bertz CT molecular complexity index is 1010. The third-order valence-corrected chi connectivity index (χ3v) is 7.33. The SMILES string of the molecule is CCN(CC)CCCNC(=O)C1CCN(c2ncnc3scc(-c4ccccc4)c23)CC1. The number of fused-ring (bicyclic) bond motifs is 1. The van der Waals surface area contributed by atoms with E-state index in [-0.39, 0.29) is 11.8 Å². The highest BCUT2D eigenvalue weighted by molar-refractivity contribution is 7.17. The molecule has 0 bridgehead atoms. The second kappa shape index (κ2) is 10.9. The van der Waals surface area contributed by atoms with Crippen LogP contribution in [-0.2, 0) is 4.79 Å². The lowest BCUT2D eigenvalue weighted by Crippen LogP contribution is -2.41. The lowest BCUT2D eigenvalue weighted by Gasteiger charge is -2.32. The zero-order chi connectivity index (χ0) is 22.3. The third kappa shape index (κ3) is 5.10. The number of anilines is 1. The molecule has 0 aliphatic carbocycles. The molecular formula is C25H33N5OS. The predicted molar refractivity (Wildman–Crippen MR) is 133 cm³/mol. The summed E-state index contributed by atoms with van der Waals surface area (Å²) < 4.78 is 0. The lowest BCUT2D eigenvalue weighted by atomic mass is 9.95. The van der Waals surface area contributed by atoms with Crippen LogP contribution in [0.4, 0.5) is 5.82 Å². The fraction of sp³-hybridized carbons (Fsp3) is 0.480. The number of piperidine rings is 1. The highest BCUT2D eigenvalue weighted by Crippen LogP contribution is 2.38. The fourth-order valence-electron chi connectivity index (χ4n) is 4.48. The van der Waals surface area contributed by atoms with Crippen LogP contribution in [0.1, 0.15) is 33.1 Å². The van der Waals surface area contributed by atoms with Crippen LogP contribution < -0.4 is 10.2 Å². The van der Waals surface area contributed by atoms with Crippen LogP contribution in [0.15, 0.2) is 42.0 Å². The Morgan fingerprint density at radius 1 is 1.16 bits per heavy atom. The number of carbonyl (C=O) groups excluding carboxylic acids is 1. The molecule has 1 aliphatic rings. The number of benzene rings is 1. The quantitative estimate of drug-likeness (QED) is 0.488. The van der Waals surface area contributed by atoms with Crippen molar-refractivity contribution in [3.05, 3.63) is 42.0 Å². The number of hydrogen-bond donors (Lipinski definition) is 1. The molecule has 32 heavy (non-hydrogen) atoms. The molecule has 6 nitrogen and oxygen atoms in total. The minimum Gasteiger partial charge on any atom is -0.356 e. The average molecular weight is 452 g/mol. The number of thiophene rings is 1. The van der Waals surface area contributed by atoms with Crippen molar-refractivity contribution in [3.8, 4) is 11.1 Å². The van der Waals surface area contributed by atoms with Gasteiger partial charge in [-0.1, -0.05) is 44.2 Å². The van der Waals surface area contributed by atoms with Crippen molar-refractivity contribution in [2.45, 2.75) is 33.1 Å². The Hall–Kier alpha value is -2.51. The van der Waals surface area contributed by atoms with Crippen LogP contribution in [0.25, 0.3) is 21.3 Å². The van der Waals surface area contributed by atoms with Gasteiger partial charge in [-0.3, -0.25) is 4.79 Å². The van der Waals surface area contributed by atoms with Gasteiger partial charge in [0.05, 0.1) is 5.39 Å². The molecule has 1 aliphatic heterocycles. The first-order valence-corrected chi connectivity index (χ1v) is 12.6. The summed E-state index contributed by atoms with van der Waals surface area (Å²) >= 11 is 1.66. The van der Waals surface area contributed by atoms with Crippen molar-refractivity contribution in [1.29, 1.82) is 0 Å². The summed E-state index contributed by atoms with van der Waals surface area (Å²) in [5, 5.41) is 6.46. The molecule has 2 aromatic heterocycles. The van der Waals surface area contributed by atoms with E-state index >= 15 is 0 Å². The molecule has 1 saturated heterocycles. The van der Waals surface area contributed by atoms with Gasteiger partial charge < -0.3 is 15.1 Å². The van der Waals surface area contributed by atoms with Crippen molar-refractivity contribution in [2.75, 3.05) is 44.2 Å². The standard InChI is InChI=1S/C25H33N5OS/c1-3-29(4-2)14-8-13-26-24(31)20-11-15-30(16-12-20)23-22-21(19-9-6-5-7-10-19)17-32-25(22)28-18-27-23/h5-7,9-10,17-18,20H,3-4,8,11-16H2,1-2H3,(H,26,31). The molecule has 0 radical (unpaired) electrons. The first-order chi connectivity index (χ1) is 15.7. The maximum absolute atomic E-state index is 12.7. The largest absolute Gasteiger partial charge is 0.356 e. The molecule has 0 spiro atoms. The van der Waals surface area contributed by atoms with Gasteiger partial charge >= 0.3 is 0 Å². The van der Waals surface area contributed by atoms with E-state index in [2.05, 4.69) is 68.6 Å². The summed E-state index contributed by atoms with van der Waals surface area (Å²) in [5.41, 5.74) is 2.38.